The molecule has 0 fully saturated rings. The Hall–Kier alpha value is -0.420. The van der Waals surface area contributed by atoms with E-state index in [0.29, 0.717) is 11.7 Å². The van der Waals surface area contributed by atoms with E-state index in [1.54, 1.807) is 6.92 Å². The zero-order valence-electron chi connectivity index (χ0n) is 5.10. The lowest BCUT2D eigenvalue weighted by Gasteiger charge is -1.94. The van der Waals surface area contributed by atoms with E-state index < -0.39 is 4.75 Å². The third-order valence-corrected chi connectivity index (χ3v) is 1.94. The number of terminal acetylenes is 1. The van der Waals surface area contributed by atoms with E-state index >= 15 is 0 Å². The monoisotopic (exact) mass is 129 g/mol. The first-order valence-corrected chi connectivity index (χ1v) is 3.21. The fourth-order valence-electron chi connectivity index (χ4n) is 0.185. The topological polar surface area (TPSA) is 17.1 Å². The van der Waals surface area contributed by atoms with Gasteiger partial charge in [-0.1, -0.05) is 6.92 Å². The van der Waals surface area contributed by atoms with Crippen molar-refractivity contribution in [3.63, 3.8) is 0 Å². The predicted molar refractivity (Wildman–Crippen MR) is 35.6 cm³/mol. The van der Waals surface area contributed by atoms with Crippen molar-refractivity contribution < 1.29 is 4.21 Å². The molecule has 2 heteroatoms. The van der Waals surface area contributed by atoms with Crippen LogP contribution in [-0.4, -0.2) is 4.75 Å². The van der Waals surface area contributed by atoms with Crippen LogP contribution in [-0.2, 0) is 15.9 Å². The summed E-state index contributed by atoms with van der Waals surface area (Å²) in [7, 11) is 0. The van der Waals surface area contributed by atoms with Gasteiger partial charge in [-0.15, -0.1) is 6.42 Å². The van der Waals surface area contributed by atoms with Crippen molar-refractivity contribution in [2.24, 2.45) is 0 Å². The lowest BCUT2D eigenvalue weighted by Crippen LogP contribution is -2.18. The molecule has 0 aliphatic rings. The van der Waals surface area contributed by atoms with E-state index in [4.69, 9.17) is 6.42 Å². The summed E-state index contributed by atoms with van der Waals surface area (Å²) in [5, 5.41) is 0. The maximum absolute atomic E-state index is 10.2. The number of hydrogen-bond donors (Lipinski definition) is 0. The molecule has 0 spiro atoms. The SMILES string of the molecule is C#CC(C)(CC)[S+]=O. The van der Waals surface area contributed by atoms with Crippen LogP contribution in [0.2, 0.25) is 0 Å². The van der Waals surface area contributed by atoms with Crippen LogP contribution in [0, 0.1) is 12.3 Å². The van der Waals surface area contributed by atoms with Crippen molar-refractivity contribution in [1.29, 1.82) is 0 Å². The molecule has 0 aliphatic carbocycles. The van der Waals surface area contributed by atoms with Crippen molar-refractivity contribution in [3.8, 4) is 12.3 Å². The lowest BCUT2D eigenvalue weighted by molar-refractivity contribution is 0.588. The van der Waals surface area contributed by atoms with Crippen molar-refractivity contribution in [2.45, 2.75) is 25.0 Å². The van der Waals surface area contributed by atoms with Crippen molar-refractivity contribution in [1.82, 2.24) is 0 Å². The molecule has 0 aromatic carbocycles. The Morgan fingerprint density at radius 2 is 2.38 bits per heavy atom. The summed E-state index contributed by atoms with van der Waals surface area (Å²) in [6.07, 6.45) is 5.79. The second kappa shape index (κ2) is 2.78. The van der Waals surface area contributed by atoms with Gasteiger partial charge in [-0.25, -0.2) is 0 Å². The molecule has 44 valence electrons. The Bertz CT molecular complexity index is 125. The van der Waals surface area contributed by atoms with Crippen LogP contribution in [0.3, 0.4) is 0 Å². The summed E-state index contributed by atoms with van der Waals surface area (Å²) < 4.78 is 9.70. The van der Waals surface area contributed by atoms with Gasteiger partial charge in [-0.05, 0) is 5.92 Å². The third kappa shape index (κ3) is 1.59. The van der Waals surface area contributed by atoms with Crippen LogP contribution in [0.4, 0.5) is 0 Å². The Labute approximate surface area is 54.0 Å². The maximum Gasteiger partial charge on any atom is 0.479 e. The third-order valence-electron chi connectivity index (χ3n) is 1.16. The first kappa shape index (κ1) is 7.58. The van der Waals surface area contributed by atoms with Crippen LogP contribution in [0.5, 0.6) is 0 Å². The Morgan fingerprint density at radius 3 is 2.38 bits per heavy atom. The smallest absolute Gasteiger partial charge is 0.114 e. The zero-order chi connectivity index (χ0) is 6.62. The largest absolute Gasteiger partial charge is 0.479 e. The first-order chi connectivity index (χ1) is 3.68. The Morgan fingerprint density at radius 1 is 1.88 bits per heavy atom. The van der Waals surface area contributed by atoms with E-state index in [1.807, 2.05) is 6.92 Å². The van der Waals surface area contributed by atoms with Gasteiger partial charge < -0.3 is 0 Å². The fraction of sp³-hybridized carbons (Fsp3) is 0.667. The molecule has 0 saturated heterocycles. The molecule has 0 N–H and O–H groups in total. The van der Waals surface area contributed by atoms with E-state index in [2.05, 4.69) is 5.92 Å². The molecule has 0 radical (unpaired) electrons. The van der Waals surface area contributed by atoms with Crippen LogP contribution < -0.4 is 0 Å². The molecule has 0 heterocycles. The second-order valence-corrected chi connectivity index (χ2v) is 2.88. The summed E-state index contributed by atoms with van der Waals surface area (Å²) in [5.74, 6) is 2.43. The highest BCUT2D eigenvalue weighted by molar-refractivity contribution is 7.67. The van der Waals surface area contributed by atoms with E-state index in [1.165, 1.54) is 0 Å². The van der Waals surface area contributed by atoms with Crippen LogP contribution >= 0.6 is 0 Å². The van der Waals surface area contributed by atoms with Crippen LogP contribution in [0.1, 0.15) is 20.3 Å². The molecule has 0 saturated carbocycles. The van der Waals surface area contributed by atoms with E-state index in [9.17, 15) is 4.21 Å². The van der Waals surface area contributed by atoms with Gasteiger partial charge in [0.25, 0.3) is 0 Å². The van der Waals surface area contributed by atoms with Gasteiger partial charge in [0.15, 0.2) is 0 Å². The Balaban J connectivity index is 4.03. The number of hydrogen-bond acceptors (Lipinski definition) is 1. The minimum absolute atomic E-state index is 0.486. The molecule has 0 aromatic rings. The highest BCUT2D eigenvalue weighted by Gasteiger charge is 2.33. The molecular formula is C6H9OS+. The second-order valence-electron chi connectivity index (χ2n) is 1.81. The van der Waals surface area contributed by atoms with E-state index in [-0.39, 0.29) is 0 Å². The number of rotatable bonds is 2. The Kier molecular flexibility index (Phi) is 2.64. The van der Waals surface area contributed by atoms with Crippen molar-refractivity contribution in [3.05, 3.63) is 0 Å². The zero-order valence-corrected chi connectivity index (χ0v) is 5.92. The standard InChI is InChI=1S/C6H9OS/c1-4-6(3,5-2)8-7/h1H,5H2,2-3H3/q+1. The molecule has 0 aromatic heterocycles. The maximum atomic E-state index is 10.2. The van der Waals surface area contributed by atoms with Gasteiger partial charge in [0, 0.05) is 17.6 Å². The van der Waals surface area contributed by atoms with Gasteiger partial charge in [0.05, 0.1) is 0 Å². The fourth-order valence-corrected chi connectivity index (χ4v) is 0.351. The first-order valence-electron chi connectivity index (χ1n) is 2.47. The van der Waals surface area contributed by atoms with Crippen molar-refractivity contribution >= 4 is 11.7 Å². The molecular weight excluding hydrogens is 120 g/mol. The van der Waals surface area contributed by atoms with Crippen LogP contribution in [0.15, 0.2) is 0 Å². The molecule has 0 bridgehead atoms. The molecule has 0 rings (SSSR count). The van der Waals surface area contributed by atoms with Crippen LogP contribution in [0.25, 0.3) is 0 Å². The van der Waals surface area contributed by atoms with Gasteiger partial charge in [0.2, 0.25) is 0 Å². The molecule has 0 aliphatic heterocycles. The minimum Gasteiger partial charge on any atom is -0.114 e. The quantitative estimate of drug-likeness (QED) is 0.404. The summed E-state index contributed by atoms with van der Waals surface area (Å²) in [6.45, 7) is 3.68. The summed E-state index contributed by atoms with van der Waals surface area (Å²) >= 11 is 0.486. The lowest BCUT2D eigenvalue weighted by atomic mass is 10.1. The molecule has 1 nitrogen and oxygen atoms in total. The molecule has 0 amide bonds. The van der Waals surface area contributed by atoms with Crippen molar-refractivity contribution in [2.75, 3.05) is 0 Å². The summed E-state index contributed by atoms with van der Waals surface area (Å²) in [6, 6.07) is 0. The van der Waals surface area contributed by atoms with Gasteiger partial charge in [-0.2, -0.15) is 0 Å². The van der Waals surface area contributed by atoms with Gasteiger partial charge in [0.1, 0.15) is 0 Å². The van der Waals surface area contributed by atoms with E-state index in [0.717, 1.165) is 6.42 Å². The molecule has 8 heavy (non-hydrogen) atoms. The highest BCUT2D eigenvalue weighted by atomic mass is 32.1. The average molecular weight is 129 g/mol. The summed E-state index contributed by atoms with van der Waals surface area (Å²) in [5.41, 5.74) is 0. The predicted octanol–water partition coefficient (Wildman–Crippen LogP) is 1.22. The highest BCUT2D eigenvalue weighted by Crippen LogP contribution is 2.08. The summed E-state index contributed by atoms with van der Waals surface area (Å²) in [4.78, 5) is 0. The minimum atomic E-state index is -0.486. The molecule has 1 unspecified atom stereocenters. The normalized spacial score (nSPS) is 16.1. The van der Waals surface area contributed by atoms with Gasteiger partial charge in [-0.3, -0.25) is 0 Å². The molecule has 1 atom stereocenters. The average Bonchev–Trinajstić information content (AvgIpc) is 1.87. The van der Waals surface area contributed by atoms with Gasteiger partial charge >= 0.3 is 16.4 Å².